The highest BCUT2D eigenvalue weighted by Crippen LogP contribution is 2.37. The van der Waals surface area contributed by atoms with Crippen LogP contribution in [0.25, 0.3) is 0 Å². The Balaban J connectivity index is 0.000000221. The van der Waals surface area contributed by atoms with E-state index in [1.165, 1.54) is 12.8 Å². The number of ether oxygens (including phenoxy) is 2. The van der Waals surface area contributed by atoms with Crippen LogP contribution in [0.4, 0.5) is 11.4 Å². The summed E-state index contributed by atoms with van der Waals surface area (Å²) < 4.78 is 12.8. The SMILES string of the molecule is N#Cc1cc(COc2c(Br)cc(C(=O)NCC(=O)O)cc2Br)cc(NC2CCC2)c1.N#Cc1cc(COc2c(Cl)cc(CCC(=O)O)cc2Cl)cc(NC2CCC2)c1. The van der Waals surface area contributed by atoms with Gasteiger partial charge in [0, 0.05) is 35.4 Å². The Morgan fingerprint density at radius 3 is 1.59 bits per heavy atom. The summed E-state index contributed by atoms with van der Waals surface area (Å²) in [6.07, 6.45) is 7.34. The summed E-state index contributed by atoms with van der Waals surface area (Å²) >= 11 is 19.4. The number of amides is 1. The molecule has 0 unspecified atom stereocenters. The third-order valence-electron chi connectivity index (χ3n) is 9.31. The van der Waals surface area contributed by atoms with Crippen molar-refractivity contribution in [1.29, 1.82) is 10.5 Å². The van der Waals surface area contributed by atoms with E-state index in [2.05, 4.69) is 59.9 Å². The minimum Gasteiger partial charge on any atom is -0.487 e. The van der Waals surface area contributed by atoms with Gasteiger partial charge in [-0.1, -0.05) is 23.2 Å². The fourth-order valence-corrected chi connectivity index (χ4v) is 8.02. The van der Waals surface area contributed by atoms with Crippen molar-refractivity contribution >= 4 is 84.3 Å². The number of aliphatic carboxylic acids is 2. The number of carbonyl (C=O) groups is 3. The number of carboxylic acids is 2. The predicted molar refractivity (Wildman–Crippen MR) is 228 cm³/mol. The van der Waals surface area contributed by atoms with Crippen LogP contribution in [0.1, 0.15) is 83.1 Å². The molecule has 12 nitrogen and oxygen atoms in total. The Labute approximate surface area is 362 Å². The molecular weight excluding hydrogens is 917 g/mol. The lowest BCUT2D eigenvalue weighted by Crippen LogP contribution is -2.29. The lowest BCUT2D eigenvalue weighted by Gasteiger charge is -2.27. The first-order valence-electron chi connectivity index (χ1n) is 18.4. The highest BCUT2D eigenvalue weighted by molar-refractivity contribution is 9.11. The minimum atomic E-state index is -1.12. The van der Waals surface area contributed by atoms with Gasteiger partial charge >= 0.3 is 11.9 Å². The highest BCUT2D eigenvalue weighted by Gasteiger charge is 2.20. The molecular formula is C42H39Br2Cl2N5O7. The van der Waals surface area contributed by atoms with E-state index in [1.807, 2.05) is 24.3 Å². The fourth-order valence-electron chi connectivity index (χ4n) is 5.97. The van der Waals surface area contributed by atoms with E-state index in [0.717, 1.165) is 53.7 Å². The Morgan fingerprint density at radius 2 is 1.17 bits per heavy atom. The molecule has 0 heterocycles. The zero-order valence-corrected chi connectivity index (χ0v) is 35.7. The zero-order chi connectivity index (χ0) is 41.8. The van der Waals surface area contributed by atoms with Crippen molar-refractivity contribution in [3.8, 4) is 23.6 Å². The van der Waals surface area contributed by atoms with Crippen LogP contribution in [0, 0.1) is 22.7 Å². The molecule has 2 fully saturated rings. The number of rotatable bonds is 16. The van der Waals surface area contributed by atoms with Gasteiger partial charge in [0.05, 0.1) is 42.3 Å². The van der Waals surface area contributed by atoms with Crippen LogP contribution in [0.3, 0.4) is 0 Å². The van der Waals surface area contributed by atoms with Gasteiger partial charge in [-0.15, -0.1) is 0 Å². The predicted octanol–water partition coefficient (Wildman–Crippen LogP) is 9.87. The molecule has 0 radical (unpaired) electrons. The van der Waals surface area contributed by atoms with Crippen LogP contribution in [0.2, 0.25) is 10.0 Å². The quantitative estimate of drug-likeness (QED) is 0.0718. The number of carbonyl (C=O) groups excluding carboxylic acids is 1. The van der Waals surface area contributed by atoms with Crippen molar-refractivity contribution in [2.45, 2.75) is 76.7 Å². The molecule has 0 spiro atoms. The van der Waals surface area contributed by atoms with E-state index in [0.29, 0.717) is 65.7 Å². The van der Waals surface area contributed by atoms with Crippen molar-refractivity contribution in [1.82, 2.24) is 5.32 Å². The van der Waals surface area contributed by atoms with Crippen LogP contribution >= 0.6 is 55.1 Å². The molecule has 16 heteroatoms. The molecule has 0 aromatic heterocycles. The number of nitrogens with one attached hydrogen (secondary N) is 3. The van der Waals surface area contributed by atoms with E-state index >= 15 is 0 Å². The van der Waals surface area contributed by atoms with Crippen LogP contribution in [-0.4, -0.2) is 46.7 Å². The van der Waals surface area contributed by atoms with Crippen LogP contribution in [0.5, 0.6) is 11.5 Å². The van der Waals surface area contributed by atoms with Crippen molar-refractivity contribution in [2.24, 2.45) is 0 Å². The maximum atomic E-state index is 12.1. The number of carboxylic acid groups (broad SMARTS) is 2. The number of nitriles is 2. The number of hydrogen-bond acceptors (Lipinski definition) is 9. The summed E-state index contributed by atoms with van der Waals surface area (Å²) in [6.45, 7) is -0.0157. The maximum absolute atomic E-state index is 12.1. The number of halogens is 4. The van der Waals surface area contributed by atoms with Gasteiger partial charge in [-0.25, -0.2) is 0 Å². The molecule has 0 aliphatic heterocycles. The van der Waals surface area contributed by atoms with Crippen molar-refractivity contribution in [3.05, 3.63) is 113 Å². The summed E-state index contributed by atoms with van der Waals surface area (Å²) in [5, 5.41) is 45.9. The third-order valence-corrected chi connectivity index (χ3v) is 11.0. The average molecular weight is 957 g/mol. The number of anilines is 2. The van der Waals surface area contributed by atoms with Crippen LogP contribution in [-0.2, 0) is 29.2 Å². The standard InChI is InChI=1S/C21H19Br2N3O4.C21H20Cl2N2O3/c22-17-7-14(21(29)25-10-19(27)28)8-18(23)20(17)30-11-13-4-12(9-24)5-16(6-13)26-15-2-1-3-15;22-18-9-13(4-5-20(26)27)10-19(23)21(18)28-12-15-6-14(11-24)7-17(8-15)25-16-2-1-3-16/h4-8,15,26H,1-3,10-11H2,(H,25,29)(H,27,28);6-10,16,25H,1-5,12H2,(H,26,27). The Morgan fingerprint density at radius 1 is 0.690 bits per heavy atom. The molecule has 2 aliphatic rings. The molecule has 0 saturated heterocycles. The summed E-state index contributed by atoms with van der Waals surface area (Å²) in [7, 11) is 0. The summed E-state index contributed by atoms with van der Waals surface area (Å²) in [4.78, 5) is 33.4. The van der Waals surface area contributed by atoms with Gasteiger partial charge in [-0.3, -0.25) is 14.4 Å². The molecule has 2 aliphatic carbocycles. The third kappa shape index (κ3) is 13.0. The van der Waals surface area contributed by atoms with E-state index in [9.17, 15) is 24.9 Å². The van der Waals surface area contributed by atoms with E-state index in [4.69, 9.17) is 42.9 Å². The molecule has 4 aromatic carbocycles. The molecule has 4 aromatic rings. The largest absolute Gasteiger partial charge is 0.487 e. The second-order valence-corrected chi connectivity index (χ2v) is 16.3. The molecule has 0 atom stereocenters. The van der Waals surface area contributed by atoms with Gasteiger partial charge < -0.3 is 35.6 Å². The van der Waals surface area contributed by atoms with Crippen molar-refractivity contribution in [3.63, 3.8) is 0 Å². The first-order chi connectivity index (χ1) is 27.8. The normalized spacial score (nSPS) is 13.3. The fraction of sp³-hybridized carbons (Fsp3) is 0.310. The van der Waals surface area contributed by atoms with Gasteiger partial charge in [0.1, 0.15) is 25.5 Å². The van der Waals surface area contributed by atoms with E-state index < -0.39 is 24.4 Å². The van der Waals surface area contributed by atoms with Gasteiger partial charge in [-0.05, 0) is 154 Å². The summed E-state index contributed by atoms with van der Waals surface area (Å²) in [6, 6.07) is 22.9. The van der Waals surface area contributed by atoms with Gasteiger partial charge in [0.2, 0.25) is 0 Å². The number of hydrogen-bond donors (Lipinski definition) is 5. The summed E-state index contributed by atoms with van der Waals surface area (Å²) in [5.74, 6) is -1.65. The average Bonchev–Trinajstić information content (AvgIpc) is 3.15. The monoisotopic (exact) mass is 953 g/mol. The molecule has 1 amide bonds. The molecule has 2 saturated carbocycles. The van der Waals surface area contributed by atoms with Gasteiger partial charge in [0.25, 0.3) is 5.91 Å². The lowest BCUT2D eigenvalue weighted by molar-refractivity contribution is -0.137. The molecule has 58 heavy (non-hydrogen) atoms. The first-order valence-corrected chi connectivity index (χ1v) is 20.7. The number of aryl methyl sites for hydroxylation is 1. The molecule has 0 bridgehead atoms. The Hall–Kier alpha value is -4.99. The van der Waals surface area contributed by atoms with Crippen molar-refractivity contribution in [2.75, 3.05) is 17.2 Å². The minimum absolute atomic E-state index is 0.00455. The first kappa shape index (κ1) is 44.1. The number of benzene rings is 4. The molecule has 302 valence electrons. The molecule has 5 N–H and O–H groups in total. The number of nitrogens with zero attached hydrogens (tertiary/aromatic N) is 2. The van der Waals surface area contributed by atoms with E-state index in [1.54, 1.807) is 36.4 Å². The topological polar surface area (TPSA) is 194 Å². The molecule has 6 rings (SSSR count). The Bertz CT molecular complexity index is 2210. The Kier molecular flexibility index (Phi) is 16.1. The van der Waals surface area contributed by atoms with Crippen LogP contribution in [0.15, 0.2) is 69.6 Å². The lowest BCUT2D eigenvalue weighted by atomic mass is 9.93. The highest BCUT2D eigenvalue weighted by atomic mass is 79.9. The second-order valence-electron chi connectivity index (χ2n) is 13.8. The second kappa shape index (κ2) is 21.1. The zero-order valence-electron chi connectivity index (χ0n) is 31.0. The van der Waals surface area contributed by atoms with Gasteiger partial charge in [-0.2, -0.15) is 10.5 Å². The smallest absolute Gasteiger partial charge is 0.322 e. The summed E-state index contributed by atoms with van der Waals surface area (Å²) in [5.41, 5.74) is 5.64. The van der Waals surface area contributed by atoms with Gasteiger partial charge in [0.15, 0.2) is 5.75 Å². The van der Waals surface area contributed by atoms with Crippen molar-refractivity contribution < 1.29 is 34.1 Å². The maximum Gasteiger partial charge on any atom is 0.322 e. The van der Waals surface area contributed by atoms with Crippen LogP contribution < -0.4 is 25.4 Å². The van der Waals surface area contributed by atoms with E-state index in [-0.39, 0.29) is 19.6 Å².